The predicted octanol–water partition coefficient (Wildman–Crippen LogP) is 1.78. The van der Waals surface area contributed by atoms with Crippen LogP contribution in [0.15, 0.2) is 35.7 Å². The van der Waals surface area contributed by atoms with Crippen molar-refractivity contribution >= 4 is 28.3 Å². The number of thiazole rings is 1. The number of carbonyl (C=O) groups excluding carboxylic acids is 2. The third kappa shape index (κ3) is 2.89. The number of likely N-dealkylation sites (tertiary alicyclic amines) is 1. The van der Waals surface area contributed by atoms with E-state index in [4.69, 9.17) is 4.74 Å². The molecule has 2 amide bonds. The summed E-state index contributed by atoms with van der Waals surface area (Å²) in [4.78, 5) is 33.2. The van der Waals surface area contributed by atoms with Crippen molar-refractivity contribution in [2.75, 3.05) is 39.1 Å². The third-order valence-corrected chi connectivity index (χ3v) is 6.42. The molecule has 7 nitrogen and oxygen atoms in total. The van der Waals surface area contributed by atoms with Gasteiger partial charge in [0.2, 0.25) is 5.91 Å². The molecule has 0 radical (unpaired) electrons. The maximum absolute atomic E-state index is 12.9. The largest absolute Gasteiger partial charge is 0.365 e. The van der Waals surface area contributed by atoms with E-state index in [1.54, 1.807) is 22.2 Å². The molecule has 4 rings (SSSR count). The quantitative estimate of drug-likeness (QED) is 0.870. The second-order valence-corrected chi connectivity index (χ2v) is 7.69. The Morgan fingerprint density at radius 2 is 2.15 bits per heavy atom. The van der Waals surface area contributed by atoms with Gasteiger partial charge in [-0.05, 0) is 12.0 Å². The molecular weight excluding hydrogens is 364 g/mol. The second-order valence-electron chi connectivity index (χ2n) is 6.83. The van der Waals surface area contributed by atoms with Gasteiger partial charge < -0.3 is 19.9 Å². The van der Waals surface area contributed by atoms with E-state index in [2.05, 4.69) is 10.3 Å². The zero-order valence-corrected chi connectivity index (χ0v) is 16.2. The monoisotopic (exact) mass is 386 g/mol. The number of benzene rings is 1. The lowest BCUT2D eigenvalue weighted by atomic mass is 9.76. The summed E-state index contributed by atoms with van der Waals surface area (Å²) in [5.41, 5.74) is 0.937. The number of aromatic nitrogens is 1. The van der Waals surface area contributed by atoms with Crippen LogP contribution in [0.2, 0.25) is 0 Å². The summed E-state index contributed by atoms with van der Waals surface area (Å²) in [5, 5.41) is 5.44. The van der Waals surface area contributed by atoms with Gasteiger partial charge in [0.25, 0.3) is 5.91 Å². The number of likely N-dealkylation sites (N-methyl/N-ethyl adjacent to an activating group) is 1. The van der Waals surface area contributed by atoms with Crippen LogP contribution in [0.25, 0.3) is 0 Å². The highest BCUT2D eigenvalue weighted by molar-refractivity contribution is 7.13. The van der Waals surface area contributed by atoms with Crippen LogP contribution in [-0.4, -0.2) is 66.5 Å². The summed E-state index contributed by atoms with van der Waals surface area (Å²) in [6.45, 7) is 1.01. The van der Waals surface area contributed by atoms with Crippen molar-refractivity contribution in [3.05, 3.63) is 47.0 Å². The number of nitrogens with zero attached hydrogens (tertiary/aromatic N) is 3. The Balaban J connectivity index is 1.63. The third-order valence-electron chi connectivity index (χ3n) is 5.56. The highest BCUT2D eigenvalue weighted by Gasteiger charge is 2.53. The molecule has 2 aromatic rings. The lowest BCUT2D eigenvalue weighted by molar-refractivity contribution is -0.180. The molecule has 0 unspecified atom stereocenters. The van der Waals surface area contributed by atoms with Crippen molar-refractivity contribution in [1.82, 2.24) is 14.8 Å². The minimum atomic E-state index is -0.550. The van der Waals surface area contributed by atoms with Crippen LogP contribution in [0.4, 0.5) is 5.13 Å². The van der Waals surface area contributed by atoms with E-state index >= 15 is 0 Å². The Morgan fingerprint density at radius 1 is 1.37 bits per heavy atom. The number of morpholine rings is 1. The van der Waals surface area contributed by atoms with Gasteiger partial charge in [-0.15, -0.1) is 11.3 Å². The molecule has 27 heavy (non-hydrogen) atoms. The summed E-state index contributed by atoms with van der Waals surface area (Å²) in [6, 6.07) is 9.96. The lowest BCUT2D eigenvalue weighted by Gasteiger charge is -2.54. The van der Waals surface area contributed by atoms with Crippen molar-refractivity contribution in [3.63, 3.8) is 0 Å². The van der Waals surface area contributed by atoms with Crippen LogP contribution >= 0.6 is 11.3 Å². The number of piperidine rings is 1. The van der Waals surface area contributed by atoms with Crippen molar-refractivity contribution < 1.29 is 14.3 Å². The Hall–Kier alpha value is -2.45. The minimum Gasteiger partial charge on any atom is -0.365 e. The van der Waals surface area contributed by atoms with Crippen molar-refractivity contribution in [2.45, 2.75) is 18.1 Å². The number of hydrogen-bond acceptors (Lipinski definition) is 6. The smallest absolute Gasteiger partial charge is 0.273 e. The van der Waals surface area contributed by atoms with Crippen LogP contribution in [0.5, 0.6) is 0 Å². The first-order valence-electron chi connectivity index (χ1n) is 8.92. The highest BCUT2D eigenvalue weighted by atomic mass is 32.1. The highest BCUT2D eigenvalue weighted by Crippen LogP contribution is 2.42. The number of fused-ring (bicyclic) bond motifs is 1. The molecule has 142 valence electrons. The molecule has 2 aliphatic rings. The fourth-order valence-electron chi connectivity index (χ4n) is 4.06. The molecule has 0 saturated carbocycles. The average molecular weight is 386 g/mol. The van der Waals surface area contributed by atoms with Crippen LogP contribution in [0.1, 0.15) is 22.5 Å². The van der Waals surface area contributed by atoms with Gasteiger partial charge in [-0.2, -0.15) is 0 Å². The van der Waals surface area contributed by atoms with Gasteiger partial charge >= 0.3 is 0 Å². The molecule has 1 N–H and O–H groups in total. The molecule has 3 heterocycles. The summed E-state index contributed by atoms with van der Waals surface area (Å²) in [5.74, 6) is -0.134. The first kappa shape index (κ1) is 17.9. The van der Waals surface area contributed by atoms with E-state index in [1.165, 1.54) is 11.3 Å². The second kappa shape index (κ2) is 6.94. The zero-order chi connectivity index (χ0) is 19.0. The predicted molar refractivity (Wildman–Crippen MR) is 103 cm³/mol. The molecule has 0 spiro atoms. The summed E-state index contributed by atoms with van der Waals surface area (Å²) in [6.07, 6.45) is 0.348. The number of ether oxygens (including phenoxy) is 1. The van der Waals surface area contributed by atoms with Crippen LogP contribution in [0.3, 0.4) is 0 Å². The van der Waals surface area contributed by atoms with E-state index in [0.29, 0.717) is 30.3 Å². The van der Waals surface area contributed by atoms with Crippen molar-refractivity contribution in [1.29, 1.82) is 0 Å². The first-order chi connectivity index (χ1) is 13.1. The normalized spacial score (nSPS) is 25.3. The zero-order valence-electron chi connectivity index (χ0n) is 15.3. The number of nitrogens with one attached hydrogen (secondary N) is 1. The summed E-state index contributed by atoms with van der Waals surface area (Å²) >= 11 is 1.41. The van der Waals surface area contributed by atoms with Crippen molar-refractivity contribution in [3.8, 4) is 0 Å². The van der Waals surface area contributed by atoms with E-state index < -0.39 is 5.54 Å². The Labute approximate surface area is 161 Å². The lowest BCUT2D eigenvalue weighted by Crippen LogP contribution is -2.67. The van der Waals surface area contributed by atoms with Gasteiger partial charge in [-0.25, -0.2) is 4.98 Å². The number of amides is 2. The fourth-order valence-corrected chi connectivity index (χ4v) is 4.70. The first-order valence-corrected chi connectivity index (χ1v) is 9.80. The maximum Gasteiger partial charge on any atom is 0.273 e. The summed E-state index contributed by atoms with van der Waals surface area (Å²) < 4.78 is 5.95. The minimum absolute atomic E-state index is 0.0342. The molecule has 1 aromatic carbocycles. The topological polar surface area (TPSA) is 74.8 Å². The molecule has 2 fully saturated rings. The van der Waals surface area contributed by atoms with E-state index in [9.17, 15) is 9.59 Å². The van der Waals surface area contributed by atoms with Gasteiger partial charge in [-0.1, -0.05) is 30.3 Å². The van der Waals surface area contributed by atoms with Gasteiger partial charge in [0.15, 0.2) is 5.13 Å². The molecule has 1 aromatic heterocycles. The molecule has 2 atom stereocenters. The number of anilines is 1. The standard InChI is InChI=1S/C19H22N4O3S/c1-20-18-21-14(12-27-18)17(25)23-9-8-19(13-6-4-3-5-7-13)15(10-23)26-11-16(24)22(19)2/h3-7,12,15H,8-11H2,1-2H3,(H,20,21)/t15-,19+/m1/s1. The van der Waals surface area contributed by atoms with E-state index in [-0.39, 0.29) is 24.5 Å². The molecule has 2 saturated heterocycles. The van der Waals surface area contributed by atoms with Crippen LogP contribution in [0, 0.1) is 0 Å². The van der Waals surface area contributed by atoms with Gasteiger partial charge in [-0.3, -0.25) is 9.59 Å². The van der Waals surface area contributed by atoms with Crippen LogP contribution in [-0.2, 0) is 15.1 Å². The fraction of sp³-hybridized carbons (Fsp3) is 0.421. The average Bonchev–Trinajstić information content (AvgIpc) is 3.20. The Morgan fingerprint density at radius 3 is 2.85 bits per heavy atom. The van der Waals surface area contributed by atoms with Crippen LogP contribution < -0.4 is 5.32 Å². The number of hydrogen-bond donors (Lipinski definition) is 1. The SMILES string of the molecule is CNc1nc(C(=O)N2CC[C@]3(c4ccccc4)[C@@H](C2)OCC(=O)N3C)cs1. The number of carbonyl (C=O) groups is 2. The van der Waals surface area contributed by atoms with E-state index in [1.807, 2.05) is 37.4 Å². The van der Waals surface area contributed by atoms with Gasteiger partial charge in [0.1, 0.15) is 18.4 Å². The molecule has 8 heteroatoms. The molecule has 0 bridgehead atoms. The maximum atomic E-state index is 12.9. The molecular formula is C19H22N4O3S. The summed E-state index contributed by atoms with van der Waals surface area (Å²) in [7, 11) is 3.62. The Bertz CT molecular complexity index is 856. The van der Waals surface area contributed by atoms with Gasteiger partial charge in [0.05, 0.1) is 5.54 Å². The molecule has 2 aliphatic heterocycles. The van der Waals surface area contributed by atoms with E-state index in [0.717, 1.165) is 5.56 Å². The number of rotatable bonds is 3. The van der Waals surface area contributed by atoms with Gasteiger partial charge in [0, 0.05) is 32.6 Å². The molecule has 0 aliphatic carbocycles. The van der Waals surface area contributed by atoms with Crippen molar-refractivity contribution in [2.24, 2.45) is 0 Å². The Kier molecular flexibility index (Phi) is 4.61.